The van der Waals surface area contributed by atoms with Crippen LogP contribution < -0.4 is 5.73 Å². The highest BCUT2D eigenvalue weighted by Crippen LogP contribution is 2.58. The molecule has 5 unspecified atom stereocenters. The molecule has 0 amide bonds. The van der Waals surface area contributed by atoms with E-state index in [1.165, 1.54) is 0 Å². The Kier molecular flexibility index (Phi) is 4.91. The topological polar surface area (TPSA) is 86.4 Å². The van der Waals surface area contributed by atoms with Gasteiger partial charge in [0.05, 0.1) is 0 Å². The summed E-state index contributed by atoms with van der Waals surface area (Å²) in [5.41, 5.74) is 5.74. The Hall–Kier alpha value is 0.0300. The zero-order valence-electron chi connectivity index (χ0n) is 10.0. The Labute approximate surface area is 99.9 Å². The van der Waals surface area contributed by atoms with Gasteiger partial charge in [0, 0.05) is 17.9 Å². The third-order valence-corrected chi connectivity index (χ3v) is 5.06. The van der Waals surface area contributed by atoms with Crippen LogP contribution in [0.3, 0.4) is 0 Å². The Morgan fingerprint density at radius 3 is 2.56 bits per heavy atom. The lowest BCUT2D eigenvalue weighted by atomic mass is 9.96. The van der Waals surface area contributed by atoms with Crippen LogP contribution in [-0.4, -0.2) is 31.8 Å². The summed E-state index contributed by atoms with van der Waals surface area (Å²) in [5.74, 6) is 0.0439. The summed E-state index contributed by atoms with van der Waals surface area (Å²) in [5, 5.41) is 8.83. The molecule has 0 aliphatic heterocycles. The zero-order chi connectivity index (χ0) is 12.3. The van der Waals surface area contributed by atoms with Gasteiger partial charge in [-0.3, -0.25) is 4.21 Å². The van der Waals surface area contributed by atoms with Crippen LogP contribution in [0.1, 0.15) is 39.5 Å². The van der Waals surface area contributed by atoms with Gasteiger partial charge in [0.1, 0.15) is 0 Å². The van der Waals surface area contributed by atoms with E-state index in [1.807, 2.05) is 13.8 Å². The molecule has 0 spiro atoms. The minimum atomic E-state index is -2.14. The fourth-order valence-corrected chi connectivity index (χ4v) is 3.69. The molecule has 1 fully saturated rings. The van der Waals surface area contributed by atoms with Gasteiger partial charge in [0.2, 0.25) is 0 Å². The lowest BCUT2D eigenvalue weighted by Crippen LogP contribution is -2.41. The molecule has 0 heterocycles. The van der Waals surface area contributed by atoms with Crippen LogP contribution in [0.25, 0.3) is 0 Å². The summed E-state index contributed by atoms with van der Waals surface area (Å²) in [6, 6.07) is -0.298. The third-order valence-electron chi connectivity index (χ3n) is 3.93. The van der Waals surface area contributed by atoms with Crippen molar-refractivity contribution >= 4 is 11.1 Å². The number of hydrogen-bond donors (Lipinski definition) is 2. The van der Waals surface area contributed by atoms with E-state index >= 15 is 0 Å². The van der Waals surface area contributed by atoms with Crippen molar-refractivity contribution in [3.63, 3.8) is 0 Å². The minimum absolute atomic E-state index is 0.0439. The molecule has 0 aromatic carbocycles. The summed E-state index contributed by atoms with van der Waals surface area (Å²) in [6.07, 6.45) is 3.22. The smallest absolute Gasteiger partial charge is 0.0490 e. The van der Waals surface area contributed by atoms with E-state index in [9.17, 15) is 13.9 Å². The molecule has 1 saturated carbocycles. The predicted molar refractivity (Wildman–Crippen MR) is 63.5 cm³/mol. The van der Waals surface area contributed by atoms with Gasteiger partial charge in [-0.15, -0.1) is 0 Å². The largest absolute Gasteiger partial charge is 0.772 e. The van der Waals surface area contributed by atoms with Crippen molar-refractivity contribution in [3.05, 3.63) is 0 Å². The van der Waals surface area contributed by atoms with Gasteiger partial charge in [-0.1, -0.05) is 31.3 Å². The molecular formula is C11H22NO3S-. The summed E-state index contributed by atoms with van der Waals surface area (Å²) in [7, 11) is 0. The molecular weight excluding hydrogens is 226 g/mol. The standard InChI is InChI=1S/C11H23NO3S/c1-3-5-9(12)10(16(14)15)8-6-11(8,4-2)7-13/h8-10,13H,3-7,12H2,1-2H3,(H,14,15)/p-1. The van der Waals surface area contributed by atoms with Gasteiger partial charge in [-0.25, -0.2) is 0 Å². The van der Waals surface area contributed by atoms with Crippen molar-refractivity contribution in [2.75, 3.05) is 6.61 Å². The molecule has 0 saturated heterocycles. The molecule has 16 heavy (non-hydrogen) atoms. The highest BCUT2D eigenvalue weighted by atomic mass is 32.2. The molecule has 3 N–H and O–H groups in total. The Morgan fingerprint density at radius 1 is 1.62 bits per heavy atom. The second-order valence-electron chi connectivity index (χ2n) is 4.86. The van der Waals surface area contributed by atoms with Crippen molar-refractivity contribution in [3.8, 4) is 0 Å². The van der Waals surface area contributed by atoms with Crippen molar-refractivity contribution in [1.82, 2.24) is 0 Å². The second-order valence-corrected chi connectivity index (χ2v) is 5.93. The first kappa shape index (κ1) is 14.1. The predicted octanol–water partition coefficient (Wildman–Crippen LogP) is 0.770. The first-order valence-corrected chi connectivity index (χ1v) is 7.10. The molecule has 1 rings (SSSR count). The van der Waals surface area contributed by atoms with Gasteiger partial charge in [0.15, 0.2) is 0 Å². The lowest BCUT2D eigenvalue weighted by molar-refractivity contribution is 0.190. The van der Waals surface area contributed by atoms with Gasteiger partial charge >= 0.3 is 0 Å². The first-order valence-electron chi connectivity index (χ1n) is 5.97. The number of aliphatic hydroxyl groups is 1. The molecule has 96 valence electrons. The molecule has 1 aliphatic rings. The third kappa shape index (κ3) is 2.64. The fraction of sp³-hybridized carbons (Fsp3) is 1.00. The van der Waals surface area contributed by atoms with E-state index in [4.69, 9.17) is 5.73 Å². The van der Waals surface area contributed by atoms with Crippen molar-refractivity contribution in [1.29, 1.82) is 0 Å². The van der Waals surface area contributed by atoms with Crippen LogP contribution in [0.5, 0.6) is 0 Å². The molecule has 5 heteroatoms. The van der Waals surface area contributed by atoms with Gasteiger partial charge in [-0.2, -0.15) is 0 Å². The summed E-state index contributed by atoms with van der Waals surface area (Å²) in [4.78, 5) is 0. The molecule has 0 aromatic heterocycles. The normalized spacial score (nSPS) is 34.4. The van der Waals surface area contributed by atoms with Crippen LogP contribution >= 0.6 is 0 Å². The van der Waals surface area contributed by atoms with Crippen molar-refractivity contribution < 1.29 is 13.9 Å². The lowest BCUT2D eigenvalue weighted by Gasteiger charge is -2.28. The molecule has 0 radical (unpaired) electrons. The highest BCUT2D eigenvalue weighted by Gasteiger charge is 2.56. The van der Waals surface area contributed by atoms with E-state index in [-0.39, 0.29) is 24.0 Å². The second kappa shape index (κ2) is 5.58. The molecule has 4 nitrogen and oxygen atoms in total. The molecule has 0 bridgehead atoms. The zero-order valence-corrected chi connectivity index (χ0v) is 10.8. The number of rotatable bonds is 7. The van der Waals surface area contributed by atoms with Crippen molar-refractivity contribution in [2.45, 2.75) is 50.8 Å². The van der Waals surface area contributed by atoms with Crippen LogP contribution in [0.15, 0.2) is 0 Å². The maximum Gasteiger partial charge on any atom is 0.0490 e. The monoisotopic (exact) mass is 248 g/mol. The average molecular weight is 248 g/mol. The summed E-state index contributed by atoms with van der Waals surface area (Å²) in [6.45, 7) is 4.06. The number of hydrogen-bond acceptors (Lipinski definition) is 4. The van der Waals surface area contributed by atoms with Gasteiger partial charge < -0.3 is 15.4 Å². The summed E-state index contributed by atoms with van der Waals surface area (Å²) < 4.78 is 22.5. The SMILES string of the molecule is CCCC(N)C(C1CC1(CC)CO)S(=O)[O-]. The number of nitrogens with two attached hydrogens (primary N) is 1. The fourth-order valence-electron chi connectivity index (χ4n) is 2.62. The maximum absolute atomic E-state index is 11.3. The van der Waals surface area contributed by atoms with E-state index in [0.29, 0.717) is 0 Å². The minimum Gasteiger partial charge on any atom is -0.772 e. The van der Waals surface area contributed by atoms with Gasteiger partial charge in [-0.05, 0) is 30.6 Å². The molecule has 0 aromatic rings. The Morgan fingerprint density at radius 2 is 2.25 bits per heavy atom. The summed E-state index contributed by atoms with van der Waals surface area (Å²) >= 11 is -2.14. The van der Waals surface area contributed by atoms with E-state index in [1.54, 1.807) is 0 Å². The average Bonchev–Trinajstić information content (AvgIpc) is 2.93. The van der Waals surface area contributed by atoms with E-state index in [2.05, 4.69) is 0 Å². The van der Waals surface area contributed by atoms with Crippen LogP contribution in [-0.2, 0) is 11.1 Å². The van der Waals surface area contributed by atoms with E-state index < -0.39 is 16.3 Å². The Bertz CT molecular complexity index is 256. The molecule has 5 atom stereocenters. The van der Waals surface area contributed by atoms with Crippen molar-refractivity contribution in [2.24, 2.45) is 17.1 Å². The quantitative estimate of drug-likeness (QED) is 0.652. The highest BCUT2D eigenvalue weighted by molar-refractivity contribution is 7.79. The van der Waals surface area contributed by atoms with Crippen LogP contribution in [0.2, 0.25) is 0 Å². The van der Waals surface area contributed by atoms with Crippen LogP contribution in [0, 0.1) is 11.3 Å². The van der Waals surface area contributed by atoms with Crippen LogP contribution in [0.4, 0.5) is 0 Å². The number of aliphatic hydroxyl groups excluding tert-OH is 1. The molecule has 1 aliphatic carbocycles. The maximum atomic E-state index is 11.3. The van der Waals surface area contributed by atoms with E-state index in [0.717, 1.165) is 25.7 Å². The van der Waals surface area contributed by atoms with Gasteiger partial charge in [0.25, 0.3) is 0 Å². The first-order chi connectivity index (χ1) is 7.52. The Balaban J connectivity index is 2.70.